The Morgan fingerprint density at radius 1 is 0.361 bits per heavy atom. The van der Waals surface area contributed by atoms with E-state index in [2.05, 4.69) is 0 Å². The molecule has 5 aromatic carbocycles. The molecule has 0 aliphatic heterocycles. The van der Waals surface area contributed by atoms with E-state index < -0.39 is 111 Å². The lowest BCUT2D eigenvalue weighted by molar-refractivity contribution is 0.0676. The highest BCUT2D eigenvalue weighted by Gasteiger charge is 2.23. The monoisotopic (exact) mass is 893 g/mol. The van der Waals surface area contributed by atoms with E-state index in [0.29, 0.717) is 16.5 Å². The molecule has 5 aromatic rings. The zero-order valence-corrected chi connectivity index (χ0v) is 32.4. The molecule has 0 saturated heterocycles. The SMILES string of the molecule is O=C(O)c1cc(C(=O)O)cc(N(C=S(=O)=O)c2ccc3c(N(C=S(=O)=O)c4cc(C(=O)O)cc(C(=O)O)c4)cc(N(C=S(=O)=O)c4cc(C(=O)O)cc(C(=O)O)c4)cc3c2)c1. The van der Waals surface area contributed by atoms with E-state index in [1.165, 1.54) is 24.3 Å². The van der Waals surface area contributed by atoms with Crippen molar-refractivity contribution in [2.45, 2.75) is 0 Å². The molecule has 0 saturated carbocycles. The van der Waals surface area contributed by atoms with Gasteiger partial charge in [0.25, 0.3) is 0 Å². The first-order valence-corrected chi connectivity index (χ1v) is 19.6. The van der Waals surface area contributed by atoms with Crippen LogP contribution in [0.1, 0.15) is 62.1 Å². The lowest BCUT2D eigenvalue weighted by atomic mass is 10.0. The van der Waals surface area contributed by atoms with Crippen molar-refractivity contribution in [3.05, 3.63) is 118 Å². The van der Waals surface area contributed by atoms with Crippen molar-refractivity contribution in [3.63, 3.8) is 0 Å². The minimum Gasteiger partial charge on any atom is -0.478 e. The van der Waals surface area contributed by atoms with Crippen molar-refractivity contribution in [1.29, 1.82) is 0 Å². The third kappa shape index (κ3) is 10.0. The van der Waals surface area contributed by atoms with Crippen molar-refractivity contribution >= 4 is 128 Å². The molecule has 0 aliphatic rings. The van der Waals surface area contributed by atoms with Gasteiger partial charge >= 0.3 is 35.8 Å². The van der Waals surface area contributed by atoms with Crippen molar-refractivity contribution in [2.75, 3.05) is 14.7 Å². The topological polar surface area (TPSA) is 336 Å². The van der Waals surface area contributed by atoms with Gasteiger partial charge in [0.05, 0.1) is 39.1 Å². The summed E-state index contributed by atoms with van der Waals surface area (Å²) < 4.78 is 73.6. The molecule has 21 nitrogen and oxygen atoms in total. The van der Waals surface area contributed by atoms with E-state index in [-0.39, 0.29) is 33.5 Å². The summed E-state index contributed by atoms with van der Waals surface area (Å²) >= 11 is 0. The van der Waals surface area contributed by atoms with Crippen LogP contribution in [-0.4, -0.2) is 108 Å². The van der Waals surface area contributed by atoms with Crippen LogP contribution in [0.2, 0.25) is 0 Å². The summed E-state index contributed by atoms with van der Waals surface area (Å²) in [7, 11) is -9.43. The van der Waals surface area contributed by atoms with Gasteiger partial charge in [-0.05, 0) is 84.2 Å². The van der Waals surface area contributed by atoms with Gasteiger partial charge in [-0.15, -0.1) is 0 Å². The van der Waals surface area contributed by atoms with E-state index in [4.69, 9.17) is 0 Å². The lowest BCUT2D eigenvalue weighted by Crippen LogP contribution is -2.20. The number of hydrogen-bond donors (Lipinski definition) is 6. The maximum absolute atomic E-state index is 12.4. The fourth-order valence-corrected chi connectivity index (χ4v) is 7.10. The zero-order chi connectivity index (χ0) is 45.0. The van der Waals surface area contributed by atoms with E-state index in [1.807, 2.05) is 0 Å². The summed E-state index contributed by atoms with van der Waals surface area (Å²) in [5.74, 6) is -9.70. The standard InChI is InChI=1S/C37H23N3O18S3/c41-32(42)19-3-20(33(43)44)9-26(8-19)38(15-59(53)54)25-1-2-30-18(6-25)7-29(39(16-60(55)56)27-10-21(34(45)46)4-22(11-27)35(47)48)14-31(30)40(17-61(57)58)28-12-23(36(49)50)5-24(13-28)37(51)52/h1-17H,(H,41,42)(H,43,44)(H,45,46)(H,47,48)(H,49,50)(H,51,52). The highest BCUT2D eigenvalue weighted by atomic mass is 32.2. The summed E-state index contributed by atoms with van der Waals surface area (Å²) in [6.07, 6.45) is 0. The molecule has 0 bridgehead atoms. The Balaban J connectivity index is 1.98. The van der Waals surface area contributed by atoms with Crippen LogP contribution in [0, 0.1) is 0 Å². The Bertz CT molecular complexity index is 3090. The fourth-order valence-electron chi connectivity index (χ4n) is 5.86. The normalized spacial score (nSPS) is 10.5. The third-order valence-corrected chi connectivity index (χ3v) is 9.51. The van der Waals surface area contributed by atoms with Crippen LogP contribution in [0.25, 0.3) is 10.8 Å². The molecule has 0 unspecified atom stereocenters. The minimum atomic E-state index is -3.18. The van der Waals surface area contributed by atoms with Crippen LogP contribution in [0.5, 0.6) is 0 Å². The number of hydrogen-bond acceptors (Lipinski definition) is 12. The van der Waals surface area contributed by atoms with Gasteiger partial charge in [-0.1, -0.05) is 6.07 Å². The van der Waals surface area contributed by atoms with Crippen molar-refractivity contribution in [1.82, 2.24) is 0 Å². The van der Waals surface area contributed by atoms with Crippen LogP contribution >= 0.6 is 0 Å². The number of carboxylic acids is 6. The Hall–Kier alpha value is -8.35. The Morgan fingerprint density at radius 2 is 0.639 bits per heavy atom. The molecule has 24 heteroatoms. The Kier molecular flexibility index (Phi) is 12.7. The number of fused-ring (bicyclic) bond motifs is 1. The average Bonchev–Trinajstić information content (AvgIpc) is 3.19. The predicted molar refractivity (Wildman–Crippen MR) is 216 cm³/mol. The van der Waals surface area contributed by atoms with Crippen LogP contribution < -0.4 is 14.7 Å². The third-order valence-electron chi connectivity index (χ3n) is 8.36. The number of nitrogens with zero attached hydrogens (tertiary/aromatic N) is 3. The van der Waals surface area contributed by atoms with Gasteiger partial charge in [-0.25, -0.2) is 28.8 Å². The second-order valence-corrected chi connectivity index (χ2v) is 14.4. The fraction of sp³-hybridized carbons (Fsp3) is 0. The highest BCUT2D eigenvalue weighted by molar-refractivity contribution is 7.72. The molecule has 0 fully saturated rings. The van der Waals surface area contributed by atoms with Gasteiger partial charge < -0.3 is 45.3 Å². The maximum atomic E-state index is 12.4. The summed E-state index contributed by atoms with van der Waals surface area (Å²) in [6, 6.07) is 13.7. The van der Waals surface area contributed by atoms with E-state index in [9.17, 15) is 84.7 Å². The first-order valence-electron chi connectivity index (χ1n) is 16.2. The van der Waals surface area contributed by atoms with Crippen LogP contribution in [0.15, 0.2) is 84.9 Å². The Labute approximate surface area is 344 Å². The van der Waals surface area contributed by atoms with Gasteiger partial charge in [0.1, 0.15) is 16.5 Å². The quantitative estimate of drug-likeness (QED) is 0.0820. The average molecular weight is 894 g/mol. The molecule has 0 aromatic heterocycles. The summed E-state index contributed by atoms with van der Waals surface area (Å²) in [4.78, 5) is 74.5. The summed E-state index contributed by atoms with van der Waals surface area (Å²) in [6.45, 7) is 0. The van der Waals surface area contributed by atoms with E-state index >= 15 is 0 Å². The number of carbonyl (C=O) groups is 6. The molecule has 0 spiro atoms. The van der Waals surface area contributed by atoms with Crippen molar-refractivity contribution in [3.8, 4) is 0 Å². The Morgan fingerprint density at radius 3 is 0.967 bits per heavy atom. The molecule has 0 aliphatic carbocycles. The molecule has 312 valence electrons. The lowest BCUT2D eigenvalue weighted by Gasteiger charge is -2.27. The molecule has 5 rings (SSSR count). The molecule has 61 heavy (non-hydrogen) atoms. The molecule has 0 atom stereocenters. The van der Waals surface area contributed by atoms with Crippen LogP contribution in [-0.2, 0) is 30.9 Å². The van der Waals surface area contributed by atoms with E-state index in [1.54, 1.807) is 0 Å². The van der Waals surface area contributed by atoms with Crippen molar-refractivity contribution in [2.24, 2.45) is 0 Å². The minimum absolute atomic E-state index is 0.0192. The number of benzene rings is 5. The van der Waals surface area contributed by atoms with Crippen LogP contribution in [0.4, 0.5) is 34.1 Å². The van der Waals surface area contributed by atoms with Gasteiger partial charge in [-0.2, -0.15) is 25.3 Å². The summed E-state index contributed by atoms with van der Waals surface area (Å²) in [5.41, 5.74) is -4.07. The second kappa shape index (κ2) is 17.6. The highest BCUT2D eigenvalue weighted by Crippen LogP contribution is 2.40. The maximum Gasteiger partial charge on any atom is 0.335 e. The number of rotatable bonds is 15. The largest absolute Gasteiger partial charge is 0.478 e. The van der Waals surface area contributed by atoms with Crippen molar-refractivity contribution < 1.29 is 84.7 Å². The second-order valence-electron chi connectivity index (χ2n) is 12.2. The smallest absolute Gasteiger partial charge is 0.335 e. The molecular weight excluding hydrogens is 871 g/mol. The molecule has 0 heterocycles. The van der Waals surface area contributed by atoms with Gasteiger partial charge in [0.2, 0.25) is 30.9 Å². The summed E-state index contributed by atoms with van der Waals surface area (Å²) in [5, 5.41) is 58.4. The van der Waals surface area contributed by atoms with E-state index in [0.717, 1.165) is 75.4 Å². The van der Waals surface area contributed by atoms with Gasteiger partial charge in [-0.3, -0.25) is 0 Å². The first-order chi connectivity index (χ1) is 28.6. The van der Waals surface area contributed by atoms with Crippen LogP contribution in [0.3, 0.4) is 0 Å². The first kappa shape index (κ1) is 43.8. The molecule has 0 amide bonds. The number of anilines is 6. The van der Waals surface area contributed by atoms with Gasteiger partial charge in [0, 0.05) is 33.8 Å². The molecular formula is C37H23N3O18S3. The van der Waals surface area contributed by atoms with Gasteiger partial charge in [0.15, 0.2) is 0 Å². The molecule has 0 radical (unpaired) electrons. The number of carboxylic acid groups (broad SMARTS) is 6. The zero-order valence-electron chi connectivity index (χ0n) is 30.0. The number of aromatic carboxylic acids is 6. The molecule has 6 N–H and O–H groups in total. The predicted octanol–water partition coefficient (Wildman–Crippen LogP) is 3.36.